The molecule has 0 saturated heterocycles. The molecule has 0 bridgehead atoms. The molecule has 2 aliphatic rings. The van der Waals surface area contributed by atoms with Gasteiger partial charge >= 0.3 is 0 Å². The normalized spacial score (nSPS) is 18.0. The Morgan fingerprint density at radius 2 is 1.57 bits per heavy atom. The van der Waals surface area contributed by atoms with Gasteiger partial charge < -0.3 is 24.8 Å². The predicted octanol–water partition coefficient (Wildman–Crippen LogP) is 4.75. The summed E-state index contributed by atoms with van der Waals surface area (Å²) in [4.78, 5) is 29.5. The number of aromatic hydroxyl groups is 1. The lowest BCUT2D eigenvalue weighted by Crippen LogP contribution is -2.52. The van der Waals surface area contributed by atoms with E-state index in [0.717, 1.165) is 31.2 Å². The molecule has 1 fully saturated rings. The molecule has 2 unspecified atom stereocenters. The summed E-state index contributed by atoms with van der Waals surface area (Å²) in [6.45, 7) is 0.262. The largest absolute Gasteiger partial charge is 0.508 e. The molecule has 0 aromatic heterocycles. The van der Waals surface area contributed by atoms with Gasteiger partial charge in [-0.3, -0.25) is 9.59 Å². The molecule has 3 aromatic rings. The van der Waals surface area contributed by atoms with Crippen molar-refractivity contribution in [3.8, 4) is 17.2 Å². The van der Waals surface area contributed by atoms with Gasteiger partial charge in [0.05, 0.1) is 0 Å². The predicted molar refractivity (Wildman–Crippen MR) is 139 cm³/mol. The minimum Gasteiger partial charge on any atom is -0.508 e. The SMILES string of the molecule is O=C(NC1CCCCC1)C(c1ccc(O)cc1)N(Cc1ccccc1)C(=O)C1COc2ccccc2O1. The van der Waals surface area contributed by atoms with Crippen LogP contribution in [0.3, 0.4) is 0 Å². The Bertz CT molecular complexity index is 1210. The Labute approximate surface area is 217 Å². The molecule has 1 aliphatic carbocycles. The van der Waals surface area contributed by atoms with E-state index in [1.165, 1.54) is 18.6 Å². The molecule has 0 spiro atoms. The fraction of sp³-hybridized carbons (Fsp3) is 0.333. The van der Waals surface area contributed by atoms with E-state index in [1.54, 1.807) is 29.2 Å². The zero-order valence-electron chi connectivity index (χ0n) is 20.7. The summed E-state index contributed by atoms with van der Waals surface area (Å²) in [6.07, 6.45) is 4.28. The third-order valence-electron chi connectivity index (χ3n) is 6.98. The summed E-state index contributed by atoms with van der Waals surface area (Å²) < 4.78 is 11.9. The van der Waals surface area contributed by atoms with Crippen molar-refractivity contribution in [2.45, 2.75) is 56.8 Å². The van der Waals surface area contributed by atoms with Gasteiger partial charge in [-0.15, -0.1) is 0 Å². The number of phenols is 1. The number of benzene rings is 3. The van der Waals surface area contributed by atoms with E-state index in [1.807, 2.05) is 42.5 Å². The van der Waals surface area contributed by atoms with Gasteiger partial charge in [0.25, 0.3) is 5.91 Å². The highest BCUT2D eigenvalue weighted by Crippen LogP contribution is 2.33. The second-order valence-electron chi connectivity index (χ2n) is 9.65. The molecule has 3 aromatic carbocycles. The first-order valence-corrected chi connectivity index (χ1v) is 12.9. The third-order valence-corrected chi connectivity index (χ3v) is 6.98. The van der Waals surface area contributed by atoms with Crippen molar-refractivity contribution in [2.75, 3.05) is 6.61 Å². The van der Waals surface area contributed by atoms with Crippen molar-refractivity contribution in [2.24, 2.45) is 0 Å². The molecular weight excluding hydrogens is 468 g/mol. The Hall–Kier alpha value is -4.00. The number of para-hydroxylation sites is 2. The lowest BCUT2D eigenvalue weighted by Gasteiger charge is -2.36. The van der Waals surface area contributed by atoms with Crippen LogP contribution in [0.2, 0.25) is 0 Å². The number of carbonyl (C=O) groups is 2. The van der Waals surface area contributed by atoms with Crippen LogP contribution in [0.4, 0.5) is 0 Å². The Balaban J connectivity index is 1.49. The maximum Gasteiger partial charge on any atom is 0.268 e. The Kier molecular flexibility index (Phi) is 7.59. The van der Waals surface area contributed by atoms with Crippen LogP contribution < -0.4 is 14.8 Å². The van der Waals surface area contributed by atoms with Gasteiger partial charge in [-0.05, 0) is 48.2 Å². The topological polar surface area (TPSA) is 88.1 Å². The standard InChI is InChI=1S/C30H32N2O5/c33-24-17-15-22(16-18-24)28(29(34)31-23-11-5-2-6-12-23)32(19-21-9-3-1-4-10-21)30(35)27-20-36-25-13-7-8-14-26(25)37-27/h1,3-4,7-10,13-18,23,27-28,33H,2,5-6,11-12,19-20H2,(H,31,34). The van der Waals surface area contributed by atoms with E-state index in [0.29, 0.717) is 17.1 Å². The van der Waals surface area contributed by atoms with Crippen LogP contribution >= 0.6 is 0 Å². The number of fused-ring (bicyclic) bond motifs is 1. The maximum atomic E-state index is 14.1. The quantitative estimate of drug-likeness (QED) is 0.489. The Morgan fingerprint density at radius 3 is 2.30 bits per heavy atom. The average molecular weight is 501 g/mol. The van der Waals surface area contributed by atoms with Gasteiger partial charge in [0.2, 0.25) is 12.0 Å². The molecule has 2 N–H and O–H groups in total. The van der Waals surface area contributed by atoms with Gasteiger partial charge in [0.15, 0.2) is 11.5 Å². The summed E-state index contributed by atoms with van der Waals surface area (Å²) in [5, 5.41) is 13.1. The summed E-state index contributed by atoms with van der Waals surface area (Å²) in [6, 6.07) is 22.5. The molecule has 1 aliphatic heterocycles. The van der Waals surface area contributed by atoms with E-state index in [9.17, 15) is 14.7 Å². The number of phenolic OH excluding ortho intramolecular Hbond substituents is 1. The van der Waals surface area contributed by atoms with Crippen molar-refractivity contribution in [1.82, 2.24) is 10.2 Å². The van der Waals surface area contributed by atoms with E-state index in [2.05, 4.69) is 5.32 Å². The molecule has 1 heterocycles. The van der Waals surface area contributed by atoms with Crippen LogP contribution in [0.5, 0.6) is 17.2 Å². The number of amides is 2. The molecule has 5 rings (SSSR count). The highest BCUT2D eigenvalue weighted by molar-refractivity contribution is 5.91. The minimum atomic E-state index is -0.906. The zero-order valence-corrected chi connectivity index (χ0v) is 20.7. The molecule has 0 radical (unpaired) electrons. The van der Waals surface area contributed by atoms with Crippen LogP contribution in [0.1, 0.15) is 49.3 Å². The number of carbonyl (C=O) groups excluding carboxylic acids is 2. The lowest BCUT2D eigenvalue weighted by molar-refractivity contribution is -0.149. The fourth-order valence-corrected chi connectivity index (χ4v) is 5.06. The molecule has 7 heteroatoms. The van der Waals surface area contributed by atoms with Gasteiger partial charge in [-0.25, -0.2) is 0 Å². The van der Waals surface area contributed by atoms with E-state index in [4.69, 9.17) is 9.47 Å². The van der Waals surface area contributed by atoms with Crippen molar-refractivity contribution in [1.29, 1.82) is 0 Å². The van der Waals surface area contributed by atoms with Crippen molar-refractivity contribution in [3.63, 3.8) is 0 Å². The van der Waals surface area contributed by atoms with Gasteiger partial charge in [0, 0.05) is 12.6 Å². The van der Waals surface area contributed by atoms with Crippen LogP contribution in [0.25, 0.3) is 0 Å². The average Bonchev–Trinajstić information content (AvgIpc) is 2.94. The minimum absolute atomic E-state index is 0.0493. The fourth-order valence-electron chi connectivity index (χ4n) is 5.06. The van der Waals surface area contributed by atoms with Crippen LogP contribution in [-0.2, 0) is 16.1 Å². The van der Waals surface area contributed by atoms with Crippen LogP contribution in [0, 0.1) is 0 Å². The summed E-state index contributed by atoms with van der Waals surface area (Å²) in [5.74, 6) is 0.608. The monoisotopic (exact) mass is 500 g/mol. The summed E-state index contributed by atoms with van der Waals surface area (Å²) in [5.41, 5.74) is 1.51. The molecule has 1 saturated carbocycles. The van der Waals surface area contributed by atoms with E-state index in [-0.39, 0.29) is 36.8 Å². The van der Waals surface area contributed by atoms with E-state index < -0.39 is 12.1 Å². The number of ether oxygens (including phenoxy) is 2. The molecule has 2 amide bonds. The molecule has 37 heavy (non-hydrogen) atoms. The van der Waals surface area contributed by atoms with E-state index >= 15 is 0 Å². The first kappa shape index (κ1) is 24.7. The number of nitrogens with one attached hydrogen (secondary N) is 1. The smallest absolute Gasteiger partial charge is 0.268 e. The molecule has 7 nitrogen and oxygen atoms in total. The number of rotatable bonds is 7. The first-order chi connectivity index (χ1) is 18.1. The maximum absolute atomic E-state index is 14.1. The highest BCUT2D eigenvalue weighted by atomic mass is 16.6. The lowest BCUT2D eigenvalue weighted by atomic mass is 9.94. The summed E-state index contributed by atoms with van der Waals surface area (Å²) in [7, 11) is 0. The summed E-state index contributed by atoms with van der Waals surface area (Å²) >= 11 is 0. The molecule has 192 valence electrons. The van der Waals surface area contributed by atoms with Gasteiger partial charge in [0.1, 0.15) is 18.4 Å². The molecule has 2 atom stereocenters. The second kappa shape index (κ2) is 11.4. The van der Waals surface area contributed by atoms with Crippen LogP contribution in [0.15, 0.2) is 78.9 Å². The number of nitrogens with zero attached hydrogens (tertiary/aromatic N) is 1. The van der Waals surface area contributed by atoms with Gasteiger partial charge in [-0.1, -0.05) is 73.9 Å². The molecular formula is C30H32N2O5. The van der Waals surface area contributed by atoms with Crippen LogP contribution in [-0.4, -0.2) is 40.6 Å². The second-order valence-corrected chi connectivity index (χ2v) is 9.65. The van der Waals surface area contributed by atoms with Crippen molar-refractivity contribution >= 4 is 11.8 Å². The number of hydrogen-bond acceptors (Lipinski definition) is 5. The zero-order chi connectivity index (χ0) is 25.6. The van der Waals surface area contributed by atoms with Crippen molar-refractivity contribution in [3.05, 3.63) is 90.0 Å². The number of hydrogen-bond donors (Lipinski definition) is 2. The highest BCUT2D eigenvalue weighted by Gasteiger charge is 2.38. The Morgan fingerprint density at radius 1 is 0.892 bits per heavy atom. The third kappa shape index (κ3) is 5.88. The van der Waals surface area contributed by atoms with Crippen molar-refractivity contribution < 1.29 is 24.2 Å². The van der Waals surface area contributed by atoms with Gasteiger partial charge in [-0.2, -0.15) is 0 Å². The first-order valence-electron chi connectivity index (χ1n) is 12.9.